The van der Waals surface area contributed by atoms with Crippen molar-refractivity contribution in [1.29, 1.82) is 0 Å². The molecule has 1 aromatic rings. The van der Waals surface area contributed by atoms with Gasteiger partial charge in [0.15, 0.2) is 0 Å². The number of alkyl halides is 2. The number of thioether (sulfide) groups is 1. The van der Waals surface area contributed by atoms with Gasteiger partial charge in [-0.2, -0.15) is 8.78 Å². The molecule has 0 aliphatic carbocycles. The molecule has 0 saturated carbocycles. The first-order valence-electron chi connectivity index (χ1n) is 5.11. The van der Waals surface area contributed by atoms with E-state index in [1.165, 1.54) is 12.1 Å². The van der Waals surface area contributed by atoms with Crippen LogP contribution in [0.2, 0.25) is 0 Å². The predicted octanol–water partition coefficient (Wildman–Crippen LogP) is 2.37. The summed E-state index contributed by atoms with van der Waals surface area (Å²) in [4.78, 5) is 12.0. The maximum Gasteiger partial charge on any atom is 0.288 e. The summed E-state index contributed by atoms with van der Waals surface area (Å²) in [5, 5.41) is 5.61. The second kappa shape index (κ2) is 9.13. The van der Waals surface area contributed by atoms with Gasteiger partial charge in [-0.25, -0.2) is 0 Å². The SMILES string of the molecule is CNCCNC(=O)c1ccc(SC(F)F)cc1.Cl. The van der Waals surface area contributed by atoms with Crippen LogP contribution in [0.15, 0.2) is 29.2 Å². The van der Waals surface area contributed by atoms with E-state index in [9.17, 15) is 13.6 Å². The molecular weight excluding hydrogens is 282 g/mol. The fraction of sp³-hybridized carbons (Fsp3) is 0.364. The summed E-state index contributed by atoms with van der Waals surface area (Å²) in [5.74, 6) is -2.64. The summed E-state index contributed by atoms with van der Waals surface area (Å²) in [6.45, 7) is 1.22. The van der Waals surface area contributed by atoms with Gasteiger partial charge in [0.2, 0.25) is 0 Å². The van der Waals surface area contributed by atoms with Crippen molar-refractivity contribution in [2.24, 2.45) is 0 Å². The molecule has 102 valence electrons. The van der Waals surface area contributed by atoms with Crippen LogP contribution in [0.1, 0.15) is 10.4 Å². The van der Waals surface area contributed by atoms with Crippen molar-refractivity contribution in [3.05, 3.63) is 29.8 Å². The van der Waals surface area contributed by atoms with Crippen LogP contribution in [0.5, 0.6) is 0 Å². The molecular formula is C11H15ClF2N2OS. The lowest BCUT2D eigenvalue weighted by atomic mass is 10.2. The topological polar surface area (TPSA) is 41.1 Å². The van der Waals surface area contributed by atoms with Gasteiger partial charge in [-0.15, -0.1) is 12.4 Å². The van der Waals surface area contributed by atoms with E-state index in [0.29, 0.717) is 35.3 Å². The molecule has 1 rings (SSSR count). The lowest BCUT2D eigenvalue weighted by Crippen LogP contribution is -2.30. The predicted molar refractivity (Wildman–Crippen MR) is 71.8 cm³/mol. The van der Waals surface area contributed by atoms with E-state index in [0.717, 1.165) is 0 Å². The monoisotopic (exact) mass is 296 g/mol. The minimum absolute atomic E-state index is 0. The van der Waals surface area contributed by atoms with Crippen LogP contribution in [0.4, 0.5) is 8.78 Å². The fourth-order valence-corrected chi connectivity index (χ4v) is 1.69. The third kappa shape index (κ3) is 6.18. The van der Waals surface area contributed by atoms with Gasteiger partial charge in [-0.3, -0.25) is 4.79 Å². The summed E-state index contributed by atoms with van der Waals surface area (Å²) in [5.41, 5.74) is 0.472. The molecule has 18 heavy (non-hydrogen) atoms. The van der Waals surface area contributed by atoms with Crippen molar-refractivity contribution in [3.63, 3.8) is 0 Å². The Morgan fingerprint density at radius 3 is 2.39 bits per heavy atom. The molecule has 0 unspecified atom stereocenters. The molecule has 0 spiro atoms. The normalized spacial score (nSPS) is 10.0. The third-order valence-corrected chi connectivity index (χ3v) is 2.72. The van der Waals surface area contributed by atoms with Gasteiger partial charge in [0.1, 0.15) is 0 Å². The largest absolute Gasteiger partial charge is 0.351 e. The summed E-state index contributed by atoms with van der Waals surface area (Å²) in [7, 11) is 1.79. The van der Waals surface area contributed by atoms with Crippen molar-refractivity contribution in [3.8, 4) is 0 Å². The molecule has 0 aromatic heterocycles. The van der Waals surface area contributed by atoms with E-state index in [1.807, 2.05) is 0 Å². The number of hydrogen-bond acceptors (Lipinski definition) is 3. The first-order valence-corrected chi connectivity index (χ1v) is 5.99. The third-order valence-electron chi connectivity index (χ3n) is 2.00. The van der Waals surface area contributed by atoms with E-state index in [2.05, 4.69) is 10.6 Å². The maximum atomic E-state index is 12.1. The number of amides is 1. The van der Waals surface area contributed by atoms with Crippen LogP contribution in [-0.4, -0.2) is 31.8 Å². The van der Waals surface area contributed by atoms with E-state index in [1.54, 1.807) is 19.2 Å². The molecule has 0 atom stereocenters. The van der Waals surface area contributed by atoms with Crippen molar-refractivity contribution in [2.75, 3.05) is 20.1 Å². The van der Waals surface area contributed by atoms with Gasteiger partial charge in [0, 0.05) is 23.5 Å². The molecule has 2 N–H and O–H groups in total. The number of rotatable bonds is 6. The number of carbonyl (C=O) groups is 1. The molecule has 0 fully saturated rings. The van der Waals surface area contributed by atoms with E-state index in [-0.39, 0.29) is 18.3 Å². The van der Waals surface area contributed by atoms with E-state index in [4.69, 9.17) is 0 Å². The Labute approximate surface area is 115 Å². The van der Waals surface area contributed by atoms with E-state index < -0.39 is 5.76 Å². The van der Waals surface area contributed by atoms with Crippen LogP contribution in [0, 0.1) is 0 Å². The fourth-order valence-electron chi connectivity index (χ4n) is 1.19. The van der Waals surface area contributed by atoms with Gasteiger partial charge in [0.25, 0.3) is 11.7 Å². The Hall–Kier alpha value is -0.850. The molecule has 0 saturated heterocycles. The van der Waals surface area contributed by atoms with Gasteiger partial charge < -0.3 is 10.6 Å². The number of halogens is 3. The highest BCUT2D eigenvalue weighted by Gasteiger charge is 2.07. The van der Waals surface area contributed by atoms with Crippen LogP contribution in [0.25, 0.3) is 0 Å². The smallest absolute Gasteiger partial charge is 0.288 e. The summed E-state index contributed by atoms with van der Waals surface area (Å²) < 4.78 is 24.1. The lowest BCUT2D eigenvalue weighted by Gasteiger charge is -2.05. The summed E-state index contributed by atoms with van der Waals surface area (Å²) in [6.07, 6.45) is 0. The van der Waals surface area contributed by atoms with Crippen LogP contribution >= 0.6 is 24.2 Å². The standard InChI is InChI=1S/C11H14F2N2OS.ClH/c1-14-6-7-15-10(16)8-2-4-9(5-3-8)17-11(12)13;/h2-5,11,14H,6-7H2,1H3,(H,15,16);1H. The van der Waals surface area contributed by atoms with Crippen LogP contribution in [0.3, 0.4) is 0 Å². The second-order valence-corrected chi connectivity index (χ2v) is 4.33. The molecule has 7 heteroatoms. The average Bonchev–Trinajstić information content (AvgIpc) is 2.29. The zero-order valence-electron chi connectivity index (χ0n) is 9.78. The Kier molecular flexibility index (Phi) is 8.70. The van der Waals surface area contributed by atoms with Crippen molar-refractivity contribution >= 4 is 30.1 Å². The zero-order chi connectivity index (χ0) is 12.7. The second-order valence-electron chi connectivity index (χ2n) is 3.26. The average molecular weight is 297 g/mol. The van der Waals surface area contributed by atoms with Gasteiger partial charge >= 0.3 is 0 Å². The quantitative estimate of drug-likeness (QED) is 0.625. The summed E-state index contributed by atoms with van der Waals surface area (Å²) in [6, 6.07) is 6.12. The first kappa shape index (κ1) is 17.2. The van der Waals surface area contributed by atoms with Crippen LogP contribution in [-0.2, 0) is 0 Å². The molecule has 1 aromatic carbocycles. The van der Waals surface area contributed by atoms with Gasteiger partial charge in [-0.1, -0.05) is 11.8 Å². The highest BCUT2D eigenvalue weighted by atomic mass is 35.5. The minimum Gasteiger partial charge on any atom is -0.351 e. The minimum atomic E-state index is -2.44. The number of hydrogen-bond donors (Lipinski definition) is 2. The number of nitrogens with one attached hydrogen (secondary N) is 2. The Balaban J connectivity index is 0.00000289. The molecule has 0 aliphatic rings. The number of benzene rings is 1. The van der Waals surface area contributed by atoms with Crippen molar-refractivity contribution in [1.82, 2.24) is 10.6 Å². The summed E-state index contributed by atoms with van der Waals surface area (Å²) >= 11 is 0.465. The maximum absolute atomic E-state index is 12.1. The Morgan fingerprint density at radius 1 is 1.28 bits per heavy atom. The molecule has 0 aliphatic heterocycles. The number of likely N-dealkylation sites (N-methyl/N-ethyl adjacent to an activating group) is 1. The Bertz CT molecular complexity index is 363. The van der Waals surface area contributed by atoms with Crippen molar-refractivity contribution < 1.29 is 13.6 Å². The molecule has 0 heterocycles. The van der Waals surface area contributed by atoms with Gasteiger partial charge in [0.05, 0.1) is 0 Å². The van der Waals surface area contributed by atoms with Crippen molar-refractivity contribution in [2.45, 2.75) is 10.7 Å². The first-order chi connectivity index (χ1) is 8.13. The zero-order valence-corrected chi connectivity index (χ0v) is 11.4. The molecule has 0 bridgehead atoms. The molecule has 3 nitrogen and oxygen atoms in total. The highest BCUT2D eigenvalue weighted by Crippen LogP contribution is 2.24. The Morgan fingerprint density at radius 2 is 1.89 bits per heavy atom. The molecule has 0 radical (unpaired) electrons. The van der Waals surface area contributed by atoms with Crippen LogP contribution < -0.4 is 10.6 Å². The number of carbonyl (C=O) groups excluding carboxylic acids is 1. The van der Waals surface area contributed by atoms with E-state index >= 15 is 0 Å². The van der Waals surface area contributed by atoms with Gasteiger partial charge in [-0.05, 0) is 31.3 Å². The highest BCUT2D eigenvalue weighted by molar-refractivity contribution is 7.99. The molecule has 1 amide bonds. The lowest BCUT2D eigenvalue weighted by molar-refractivity contribution is 0.0954.